The molecule has 6 heteroatoms. The van der Waals surface area contributed by atoms with Crippen molar-refractivity contribution in [3.63, 3.8) is 0 Å². The van der Waals surface area contributed by atoms with E-state index in [0.717, 1.165) is 12.1 Å². The Bertz CT molecular complexity index is 454. The van der Waals surface area contributed by atoms with Gasteiger partial charge in [-0.1, -0.05) is 0 Å². The zero-order valence-electron chi connectivity index (χ0n) is 8.38. The predicted molar refractivity (Wildman–Crippen MR) is 52.8 cm³/mol. The predicted octanol–water partition coefficient (Wildman–Crippen LogP) is 2.48. The maximum absolute atomic E-state index is 12.4. The van der Waals surface area contributed by atoms with Crippen molar-refractivity contribution in [3.8, 4) is 5.75 Å². The Hall–Kier alpha value is -1.72. The first-order valence-corrected chi connectivity index (χ1v) is 4.60. The van der Waals surface area contributed by atoms with Crippen LogP contribution in [-0.2, 0) is 6.18 Å². The smallest absolute Gasteiger partial charge is 0.416 e. The summed E-state index contributed by atoms with van der Waals surface area (Å²) >= 11 is 0. The van der Waals surface area contributed by atoms with E-state index >= 15 is 0 Å². The summed E-state index contributed by atoms with van der Waals surface area (Å²) in [7, 11) is 0. The molecule has 0 spiro atoms. The molecule has 0 fully saturated rings. The number of aliphatic imine (C=N–C) groups is 1. The average Bonchev–Trinajstić information content (AvgIpc) is 2.17. The fourth-order valence-corrected chi connectivity index (χ4v) is 1.36. The summed E-state index contributed by atoms with van der Waals surface area (Å²) in [6, 6.07) is 3.14. The molecule has 2 rings (SSSR count). The molecule has 0 saturated heterocycles. The van der Waals surface area contributed by atoms with E-state index in [-0.39, 0.29) is 11.5 Å². The molecule has 1 aromatic carbocycles. The minimum Gasteiger partial charge on any atom is -0.481 e. The van der Waals surface area contributed by atoms with Crippen LogP contribution in [0.3, 0.4) is 0 Å². The Morgan fingerprint density at radius 3 is 2.69 bits per heavy atom. The zero-order valence-corrected chi connectivity index (χ0v) is 8.38. The molecule has 16 heavy (non-hydrogen) atoms. The van der Waals surface area contributed by atoms with Crippen molar-refractivity contribution in [2.75, 3.05) is 0 Å². The topological polar surface area (TPSA) is 47.6 Å². The summed E-state index contributed by atoms with van der Waals surface area (Å²) in [6.45, 7) is 1.68. The van der Waals surface area contributed by atoms with Crippen LogP contribution >= 0.6 is 0 Å². The van der Waals surface area contributed by atoms with E-state index in [1.807, 2.05) is 0 Å². The number of nitrogens with zero attached hydrogens (tertiary/aromatic N) is 1. The number of benzene rings is 1. The second-order valence-corrected chi connectivity index (χ2v) is 3.48. The van der Waals surface area contributed by atoms with Crippen LogP contribution in [0.5, 0.6) is 5.75 Å². The van der Waals surface area contributed by atoms with Gasteiger partial charge in [0.05, 0.1) is 5.56 Å². The number of amidine groups is 1. The molecule has 1 unspecified atom stereocenters. The van der Waals surface area contributed by atoms with Gasteiger partial charge in [0.15, 0.2) is 6.10 Å². The summed E-state index contributed by atoms with van der Waals surface area (Å²) in [5.74, 6) is 0.488. The van der Waals surface area contributed by atoms with E-state index in [0.29, 0.717) is 5.75 Å². The molecule has 0 bridgehead atoms. The number of rotatable bonds is 0. The van der Waals surface area contributed by atoms with Crippen LogP contribution in [0, 0.1) is 0 Å². The largest absolute Gasteiger partial charge is 0.481 e. The Morgan fingerprint density at radius 1 is 1.38 bits per heavy atom. The van der Waals surface area contributed by atoms with Crippen molar-refractivity contribution in [2.45, 2.75) is 19.2 Å². The molecule has 0 aromatic heterocycles. The quantitative estimate of drug-likeness (QED) is 0.744. The number of hydrogen-bond donors (Lipinski definition) is 1. The molecule has 1 aromatic rings. The summed E-state index contributed by atoms with van der Waals surface area (Å²) in [4.78, 5) is 3.87. The van der Waals surface area contributed by atoms with Crippen LogP contribution in [0.15, 0.2) is 23.2 Å². The Morgan fingerprint density at radius 2 is 2.06 bits per heavy atom. The van der Waals surface area contributed by atoms with Crippen molar-refractivity contribution in [1.29, 1.82) is 0 Å². The lowest BCUT2D eigenvalue weighted by Crippen LogP contribution is -2.33. The molecule has 86 valence electrons. The SMILES string of the molecule is CC1Oc2ccc(C(F)(F)F)cc2N=C1N. The fourth-order valence-electron chi connectivity index (χ4n) is 1.36. The van der Waals surface area contributed by atoms with E-state index in [9.17, 15) is 13.2 Å². The molecule has 0 radical (unpaired) electrons. The monoisotopic (exact) mass is 230 g/mol. The number of hydrogen-bond acceptors (Lipinski definition) is 3. The van der Waals surface area contributed by atoms with Gasteiger partial charge in [-0.3, -0.25) is 0 Å². The second-order valence-electron chi connectivity index (χ2n) is 3.48. The van der Waals surface area contributed by atoms with E-state index in [1.54, 1.807) is 6.92 Å². The van der Waals surface area contributed by atoms with Crippen LogP contribution in [0.4, 0.5) is 18.9 Å². The van der Waals surface area contributed by atoms with Gasteiger partial charge in [0, 0.05) is 0 Å². The van der Waals surface area contributed by atoms with Gasteiger partial charge in [-0.15, -0.1) is 0 Å². The highest BCUT2D eigenvalue weighted by atomic mass is 19.4. The highest BCUT2D eigenvalue weighted by Gasteiger charge is 2.32. The lowest BCUT2D eigenvalue weighted by Gasteiger charge is -2.21. The lowest BCUT2D eigenvalue weighted by molar-refractivity contribution is -0.137. The van der Waals surface area contributed by atoms with Crippen LogP contribution in [-0.4, -0.2) is 11.9 Å². The first-order valence-electron chi connectivity index (χ1n) is 4.60. The fraction of sp³-hybridized carbons (Fsp3) is 0.300. The molecular formula is C10H9F3N2O. The number of alkyl halides is 3. The molecule has 1 aliphatic rings. The molecule has 1 aliphatic heterocycles. The summed E-state index contributed by atoms with van der Waals surface area (Å²) < 4.78 is 42.5. The first-order chi connectivity index (χ1) is 7.38. The summed E-state index contributed by atoms with van der Waals surface area (Å²) in [5.41, 5.74) is 4.85. The zero-order chi connectivity index (χ0) is 11.9. The number of fused-ring (bicyclic) bond motifs is 1. The van der Waals surface area contributed by atoms with Crippen molar-refractivity contribution in [2.24, 2.45) is 10.7 Å². The van der Waals surface area contributed by atoms with Gasteiger partial charge in [0.1, 0.15) is 17.3 Å². The van der Waals surface area contributed by atoms with Crippen molar-refractivity contribution in [1.82, 2.24) is 0 Å². The molecule has 2 N–H and O–H groups in total. The molecule has 0 aliphatic carbocycles. The lowest BCUT2D eigenvalue weighted by atomic mass is 10.1. The maximum Gasteiger partial charge on any atom is 0.416 e. The molecule has 0 saturated carbocycles. The van der Waals surface area contributed by atoms with Gasteiger partial charge in [0.25, 0.3) is 0 Å². The standard InChI is InChI=1S/C10H9F3N2O/c1-5-9(14)15-7-4-6(10(11,12)13)2-3-8(7)16-5/h2-5H,1H3,(H2,14,15). The molecule has 0 amide bonds. The highest BCUT2D eigenvalue weighted by molar-refractivity contribution is 5.89. The second kappa shape index (κ2) is 3.40. The van der Waals surface area contributed by atoms with Crippen LogP contribution in [0.2, 0.25) is 0 Å². The number of ether oxygens (including phenoxy) is 1. The van der Waals surface area contributed by atoms with Crippen LogP contribution in [0.1, 0.15) is 12.5 Å². The average molecular weight is 230 g/mol. The van der Waals surface area contributed by atoms with Gasteiger partial charge < -0.3 is 10.5 Å². The molecule has 3 nitrogen and oxygen atoms in total. The Kier molecular flexibility index (Phi) is 2.29. The third-order valence-electron chi connectivity index (χ3n) is 2.26. The Balaban J connectivity index is 2.47. The van der Waals surface area contributed by atoms with Gasteiger partial charge in [-0.2, -0.15) is 13.2 Å². The normalized spacial score (nSPS) is 19.8. The maximum atomic E-state index is 12.4. The number of halogens is 3. The first kappa shape index (κ1) is 10.8. The minimum absolute atomic E-state index is 0.116. The van der Waals surface area contributed by atoms with E-state index in [4.69, 9.17) is 10.5 Å². The van der Waals surface area contributed by atoms with Gasteiger partial charge >= 0.3 is 6.18 Å². The number of nitrogens with two attached hydrogens (primary N) is 1. The van der Waals surface area contributed by atoms with Gasteiger partial charge in [-0.05, 0) is 25.1 Å². The minimum atomic E-state index is -4.39. The summed E-state index contributed by atoms with van der Waals surface area (Å²) in [5, 5.41) is 0. The van der Waals surface area contributed by atoms with Crippen LogP contribution in [0.25, 0.3) is 0 Å². The molecular weight excluding hydrogens is 221 g/mol. The van der Waals surface area contributed by atoms with E-state index in [2.05, 4.69) is 4.99 Å². The van der Waals surface area contributed by atoms with Gasteiger partial charge in [-0.25, -0.2) is 4.99 Å². The molecule has 1 heterocycles. The van der Waals surface area contributed by atoms with Crippen LogP contribution < -0.4 is 10.5 Å². The van der Waals surface area contributed by atoms with E-state index < -0.39 is 17.8 Å². The summed E-state index contributed by atoms with van der Waals surface area (Å²) in [6.07, 6.45) is -4.80. The van der Waals surface area contributed by atoms with E-state index in [1.165, 1.54) is 6.07 Å². The third kappa shape index (κ3) is 1.82. The third-order valence-corrected chi connectivity index (χ3v) is 2.26. The van der Waals surface area contributed by atoms with Crippen molar-refractivity contribution in [3.05, 3.63) is 23.8 Å². The highest BCUT2D eigenvalue weighted by Crippen LogP contribution is 2.38. The van der Waals surface area contributed by atoms with Gasteiger partial charge in [0.2, 0.25) is 0 Å². The van der Waals surface area contributed by atoms with Crippen molar-refractivity contribution >= 4 is 11.5 Å². The Labute approximate surface area is 89.7 Å². The molecule has 1 atom stereocenters. The van der Waals surface area contributed by atoms with Crippen molar-refractivity contribution < 1.29 is 17.9 Å².